The van der Waals surface area contributed by atoms with Crippen LogP contribution in [0, 0.1) is 22.7 Å². The average Bonchev–Trinajstić information content (AvgIpc) is 3.39. The summed E-state index contributed by atoms with van der Waals surface area (Å²) in [5, 5.41) is 17.2. The number of amides is 2. The van der Waals surface area contributed by atoms with Gasteiger partial charge < -0.3 is 20.7 Å². The first kappa shape index (κ1) is 22.6. The van der Waals surface area contributed by atoms with Gasteiger partial charge in [0, 0.05) is 48.8 Å². The number of carbonyl (C=O) groups excluding carboxylic acids is 2. The number of hydrogen-bond donors (Lipinski definition) is 2. The van der Waals surface area contributed by atoms with Gasteiger partial charge in [0.1, 0.15) is 5.41 Å². The van der Waals surface area contributed by atoms with Crippen LogP contribution in [-0.2, 0) is 4.79 Å². The van der Waals surface area contributed by atoms with Gasteiger partial charge in [-0.25, -0.2) is 14.5 Å². The van der Waals surface area contributed by atoms with Gasteiger partial charge in [0.2, 0.25) is 5.91 Å². The number of nitrogens with zero attached hydrogens (tertiary/aromatic N) is 6. The number of anilines is 1. The number of ether oxygens (including phenoxy) is 1. The Bertz CT molecular complexity index is 1340. The molecule has 5 rings (SSSR count). The van der Waals surface area contributed by atoms with Crippen molar-refractivity contribution in [1.82, 2.24) is 24.5 Å². The van der Waals surface area contributed by atoms with Crippen LogP contribution >= 0.6 is 0 Å². The number of primary amides is 1. The maximum absolute atomic E-state index is 12.9. The van der Waals surface area contributed by atoms with Crippen molar-refractivity contribution in [1.29, 1.82) is 5.26 Å². The first-order valence-corrected chi connectivity index (χ1v) is 11.6. The normalized spacial score (nSPS) is 20.4. The van der Waals surface area contributed by atoms with Crippen molar-refractivity contribution >= 4 is 23.0 Å². The van der Waals surface area contributed by atoms with E-state index in [0.29, 0.717) is 49.8 Å². The molecule has 3 aromatic rings. The molecular formula is C24H26N8O3. The summed E-state index contributed by atoms with van der Waals surface area (Å²) in [6.07, 6.45) is 7.82. The molecule has 3 N–H and O–H groups in total. The van der Waals surface area contributed by atoms with Crippen LogP contribution in [0.25, 0.3) is 16.6 Å². The molecule has 11 nitrogen and oxygen atoms in total. The van der Waals surface area contributed by atoms with Crippen molar-refractivity contribution in [3.63, 3.8) is 0 Å². The number of rotatable bonds is 7. The Balaban J connectivity index is 1.45. The number of nitrogens with one attached hydrogen (secondary N) is 1. The van der Waals surface area contributed by atoms with E-state index >= 15 is 0 Å². The molecule has 2 fully saturated rings. The predicted molar refractivity (Wildman–Crippen MR) is 126 cm³/mol. The van der Waals surface area contributed by atoms with Crippen molar-refractivity contribution in [2.45, 2.75) is 32.7 Å². The molecule has 180 valence electrons. The van der Waals surface area contributed by atoms with Gasteiger partial charge in [0.05, 0.1) is 35.6 Å². The third-order valence-electron chi connectivity index (χ3n) is 6.74. The highest BCUT2D eigenvalue weighted by molar-refractivity contribution is 6.02. The lowest BCUT2D eigenvalue weighted by Crippen LogP contribution is -2.36. The number of nitriles is 1. The minimum absolute atomic E-state index is 0.105. The molecule has 0 spiro atoms. The highest BCUT2D eigenvalue weighted by Crippen LogP contribution is 2.47. The Hall–Kier alpha value is -4.20. The molecule has 0 unspecified atom stereocenters. The van der Waals surface area contributed by atoms with Crippen LogP contribution in [0.15, 0.2) is 30.9 Å². The Labute approximate surface area is 201 Å². The summed E-state index contributed by atoms with van der Waals surface area (Å²) in [5.41, 5.74) is 7.88. The number of hydrogen-bond acceptors (Lipinski definition) is 8. The number of nitrogens with two attached hydrogens (primary N) is 1. The SMILES string of the molecule is CCOc1ncc(-c2cc3c(N[C@@H]4CN(C(=O)C5(C#N)CC5)C[C@@H]4C)c(C(N)=O)cnn3c2)cn1. The van der Waals surface area contributed by atoms with E-state index in [1.165, 1.54) is 6.20 Å². The average molecular weight is 475 g/mol. The van der Waals surface area contributed by atoms with Gasteiger partial charge in [-0.2, -0.15) is 10.4 Å². The smallest absolute Gasteiger partial charge is 0.316 e. The summed E-state index contributed by atoms with van der Waals surface area (Å²) < 4.78 is 6.98. The molecule has 4 heterocycles. The number of fused-ring (bicyclic) bond motifs is 1. The summed E-state index contributed by atoms with van der Waals surface area (Å²) in [4.78, 5) is 35.3. The van der Waals surface area contributed by atoms with Crippen LogP contribution in [0.3, 0.4) is 0 Å². The Morgan fingerprint density at radius 3 is 2.63 bits per heavy atom. The zero-order chi connectivity index (χ0) is 24.7. The highest BCUT2D eigenvalue weighted by atomic mass is 16.5. The number of likely N-dealkylation sites (tertiary alicyclic amines) is 1. The zero-order valence-electron chi connectivity index (χ0n) is 19.6. The molecule has 1 aliphatic carbocycles. The summed E-state index contributed by atoms with van der Waals surface area (Å²) in [5.74, 6) is -0.599. The minimum atomic E-state index is -0.854. The summed E-state index contributed by atoms with van der Waals surface area (Å²) >= 11 is 0. The van der Waals surface area contributed by atoms with E-state index in [9.17, 15) is 14.9 Å². The Kier molecular flexibility index (Phi) is 5.51. The summed E-state index contributed by atoms with van der Waals surface area (Å²) in [6.45, 7) is 5.37. The number of carbonyl (C=O) groups is 2. The second-order valence-electron chi connectivity index (χ2n) is 9.18. The monoisotopic (exact) mass is 474 g/mol. The quantitative estimate of drug-likeness (QED) is 0.526. The first-order valence-electron chi connectivity index (χ1n) is 11.6. The highest BCUT2D eigenvalue weighted by Gasteiger charge is 2.54. The van der Waals surface area contributed by atoms with E-state index in [-0.39, 0.29) is 23.4 Å². The molecule has 35 heavy (non-hydrogen) atoms. The van der Waals surface area contributed by atoms with E-state index in [1.54, 1.807) is 21.8 Å². The second kappa shape index (κ2) is 8.54. The molecule has 1 saturated carbocycles. The lowest BCUT2D eigenvalue weighted by molar-refractivity contribution is -0.134. The largest absolute Gasteiger partial charge is 0.464 e. The van der Waals surface area contributed by atoms with Gasteiger partial charge in [0.25, 0.3) is 5.91 Å². The molecule has 1 aliphatic heterocycles. The van der Waals surface area contributed by atoms with E-state index < -0.39 is 11.3 Å². The van der Waals surface area contributed by atoms with E-state index in [1.807, 2.05) is 26.1 Å². The van der Waals surface area contributed by atoms with Crippen molar-refractivity contribution in [3.8, 4) is 23.2 Å². The van der Waals surface area contributed by atoms with Crippen LogP contribution < -0.4 is 15.8 Å². The Morgan fingerprint density at radius 1 is 1.26 bits per heavy atom. The number of aromatic nitrogens is 4. The van der Waals surface area contributed by atoms with Gasteiger partial charge >= 0.3 is 6.01 Å². The van der Waals surface area contributed by atoms with Crippen molar-refractivity contribution < 1.29 is 14.3 Å². The van der Waals surface area contributed by atoms with Gasteiger partial charge in [0.15, 0.2) is 0 Å². The van der Waals surface area contributed by atoms with Crippen LogP contribution in [0.2, 0.25) is 0 Å². The summed E-state index contributed by atoms with van der Waals surface area (Å²) in [7, 11) is 0. The molecule has 2 amide bonds. The van der Waals surface area contributed by atoms with Gasteiger partial charge in [-0.15, -0.1) is 0 Å². The van der Waals surface area contributed by atoms with Gasteiger partial charge in [-0.05, 0) is 31.7 Å². The molecule has 11 heteroatoms. The first-order chi connectivity index (χ1) is 16.8. The molecule has 2 atom stereocenters. The van der Waals surface area contributed by atoms with E-state index in [0.717, 1.165) is 11.1 Å². The van der Waals surface area contributed by atoms with Crippen molar-refractivity contribution in [2.24, 2.45) is 17.1 Å². The third kappa shape index (κ3) is 4.01. The van der Waals surface area contributed by atoms with Crippen LogP contribution in [0.5, 0.6) is 6.01 Å². The molecule has 0 aromatic carbocycles. The minimum Gasteiger partial charge on any atom is -0.464 e. The van der Waals surface area contributed by atoms with Crippen LogP contribution in [0.1, 0.15) is 37.0 Å². The van der Waals surface area contributed by atoms with Crippen LogP contribution in [0.4, 0.5) is 5.69 Å². The maximum Gasteiger partial charge on any atom is 0.316 e. The molecule has 3 aromatic heterocycles. The third-order valence-corrected chi connectivity index (χ3v) is 6.74. The lowest BCUT2D eigenvalue weighted by atomic mass is 10.1. The topological polar surface area (TPSA) is 152 Å². The van der Waals surface area contributed by atoms with Gasteiger partial charge in [-0.1, -0.05) is 6.92 Å². The van der Waals surface area contributed by atoms with Crippen molar-refractivity contribution in [3.05, 3.63) is 36.4 Å². The predicted octanol–water partition coefficient (Wildman–Crippen LogP) is 1.85. The fourth-order valence-corrected chi connectivity index (χ4v) is 4.53. The van der Waals surface area contributed by atoms with E-state index in [4.69, 9.17) is 10.5 Å². The summed E-state index contributed by atoms with van der Waals surface area (Å²) in [6, 6.07) is 4.25. The molecule has 0 radical (unpaired) electrons. The molecular weight excluding hydrogens is 448 g/mol. The van der Waals surface area contributed by atoms with Gasteiger partial charge in [-0.3, -0.25) is 9.59 Å². The zero-order valence-corrected chi connectivity index (χ0v) is 19.6. The fraction of sp³-hybridized carbons (Fsp3) is 0.417. The standard InChI is InChI=1S/C24H26N8O3/c1-3-35-23-27-7-16(8-28-23)15-6-19-20(17(21(26)33)9-29-32(19)11-15)30-18-12-31(10-14(18)2)22(34)24(13-25)4-5-24/h6-9,11,14,18,30H,3-5,10,12H2,1-2H3,(H2,26,33)/t14-,18+/m0/s1. The second-order valence-corrected chi connectivity index (χ2v) is 9.18. The van der Waals surface area contributed by atoms with Crippen molar-refractivity contribution in [2.75, 3.05) is 25.0 Å². The molecule has 2 aliphatic rings. The molecule has 0 bridgehead atoms. The van der Waals surface area contributed by atoms with E-state index in [2.05, 4.69) is 26.5 Å². The molecule has 1 saturated heterocycles. The maximum atomic E-state index is 12.9. The van der Waals surface area contributed by atoms with Crippen LogP contribution in [-0.4, -0.2) is 62.0 Å². The lowest BCUT2D eigenvalue weighted by Gasteiger charge is -2.21. The fourth-order valence-electron chi connectivity index (χ4n) is 4.53. The Morgan fingerprint density at radius 2 is 2.00 bits per heavy atom.